The minimum atomic E-state index is -0.721. The second-order valence-corrected chi connectivity index (χ2v) is 7.05. The third kappa shape index (κ3) is 2.40. The fourth-order valence-corrected chi connectivity index (χ4v) is 3.70. The summed E-state index contributed by atoms with van der Waals surface area (Å²) in [4.78, 5) is 14.5. The molecule has 3 atom stereocenters. The zero-order chi connectivity index (χ0) is 13.5. The highest BCUT2D eigenvalue weighted by molar-refractivity contribution is 7.80. The van der Waals surface area contributed by atoms with Crippen molar-refractivity contribution in [2.45, 2.75) is 39.5 Å². The number of hydrogen-bond acceptors (Lipinski definition) is 2. The lowest BCUT2D eigenvalue weighted by Crippen LogP contribution is -2.47. The van der Waals surface area contributed by atoms with E-state index in [0.29, 0.717) is 5.92 Å². The van der Waals surface area contributed by atoms with Gasteiger partial charge in [-0.15, -0.1) is 0 Å². The van der Waals surface area contributed by atoms with E-state index >= 15 is 0 Å². The van der Waals surface area contributed by atoms with E-state index in [-0.39, 0.29) is 10.9 Å². The lowest BCUT2D eigenvalue weighted by molar-refractivity contribution is -0.136. The molecule has 2 aliphatic carbocycles. The molecule has 0 heterocycles. The van der Waals surface area contributed by atoms with E-state index < -0.39 is 5.41 Å². The largest absolute Gasteiger partial charge is 0.392 e. The van der Waals surface area contributed by atoms with Gasteiger partial charge in [-0.05, 0) is 50.9 Å². The summed E-state index contributed by atoms with van der Waals surface area (Å²) >= 11 is 4.99. The van der Waals surface area contributed by atoms with Crippen LogP contribution in [0.2, 0.25) is 0 Å². The third-order valence-electron chi connectivity index (χ3n) is 4.89. The van der Waals surface area contributed by atoms with E-state index in [4.69, 9.17) is 18.0 Å². The molecule has 2 fully saturated rings. The summed E-state index contributed by atoms with van der Waals surface area (Å²) in [6.07, 6.45) is 5.44. The smallest absolute Gasteiger partial charge is 0.234 e. The summed E-state index contributed by atoms with van der Waals surface area (Å²) in [6, 6.07) is 0. The molecule has 0 aromatic heterocycles. The van der Waals surface area contributed by atoms with Crippen molar-refractivity contribution in [3.63, 3.8) is 0 Å². The predicted octanol–water partition coefficient (Wildman–Crippen LogP) is 2.19. The standard InChI is InChI=1S/C14H24N2OS/c1-14(2,12(15)18)13(17)16(3)8-11-7-9-4-5-10(11)6-9/h9-11H,4-8H2,1-3H3,(H2,15,18). The maximum Gasteiger partial charge on any atom is 0.234 e. The molecule has 0 aromatic rings. The number of hydrogen-bond donors (Lipinski definition) is 1. The Balaban J connectivity index is 1.94. The van der Waals surface area contributed by atoms with Crippen LogP contribution in [-0.2, 0) is 4.79 Å². The molecule has 0 spiro atoms. The predicted molar refractivity (Wildman–Crippen MR) is 77.1 cm³/mol. The van der Waals surface area contributed by atoms with Gasteiger partial charge in [0, 0.05) is 13.6 Å². The molecule has 0 radical (unpaired) electrons. The molecule has 3 unspecified atom stereocenters. The molecule has 18 heavy (non-hydrogen) atoms. The molecule has 3 nitrogen and oxygen atoms in total. The number of fused-ring (bicyclic) bond motifs is 2. The second-order valence-electron chi connectivity index (χ2n) is 6.61. The zero-order valence-electron chi connectivity index (χ0n) is 11.6. The van der Waals surface area contributed by atoms with E-state index in [0.717, 1.165) is 18.4 Å². The molecule has 2 aliphatic rings. The Morgan fingerprint density at radius 3 is 2.50 bits per heavy atom. The van der Waals surface area contributed by atoms with Crippen LogP contribution in [0, 0.1) is 23.2 Å². The van der Waals surface area contributed by atoms with Crippen LogP contribution < -0.4 is 5.73 Å². The van der Waals surface area contributed by atoms with Crippen molar-refractivity contribution >= 4 is 23.1 Å². The number of amides is 1. The Morgan fingerprint density at radius 2 is 2.06 bits per heavy atom. The van der Waals surface area contributed by atoms with Crippen molar-refractivity contribution in [1.82, 2.24) is 4.90 Å². The SMILES string of the molecule is CN(CC1CC2CCC1C2)C(=O)C(C)(C)C(N)=S. The highest BCUT2D eigenvalue weighted by Crippen LogP contribution is 2.48. The number of carbonyl (C=O) groups excluding carboxylic acids is 1. The van der Waals surface area contributed by atoms with Gasteiger partial charge < -0.3 is 10.6 Å². The van der Waals surface area contributed by atoms with Gasteiger partial charge in [-0.2, -0.15) is 0 Å². The van der Waals surface area contributed by atoms with Gasteiger partial charge in [0.15, 0.2) is 0 Å². The molecular weight excluding hydrogens is 244 g/mol. The number of nitrogens with two attached hydrogens (primary N) is 1. The van der Waals surface area contributed by atoms with Gasteiger partial charge in [0.05, 0.1) is 10.4 Å². The molecule has 0 saturated heterocycles. The van der Waals surface area contributed by atoms with Crippen molar-refractivity contribution in [2.75, 3.05) is 13.6 Å². The van der Waals surface area contributed by atoms with Crippen molar-refractivity contribution in [2.24, 2.45) is 28.9 Å². The molecule has 1 amide bonds. The van der Waals surface area contributed by atoms with Crippen LogP contribution in [0.4, 0.5) is 0 Å². The number of nitrogens with zero attached hydrogens (tertiary/aromatic N) is 1. The van der Waals surface area contributed by atoms with Crippen LogP contribution >= 0.6 is 12.2 Å². The normalized spacial score (nSPS) is 30.5. The highest BCUT2D eigenvalue weighted by atomic mass is 32.1. The van der Waals surface area contributed by atoms with Gasteiger partial charge >= 0.3 is 0 Å². The van der Waals surface area contributed by atoms with Crippen LogP contribution in [0.25, 0.3) is 0 Å². The van der Waals surface area contributed by atoms with Crippen LogP contribution in [0.5, 0.6) is 0 Å². The Hall–Kier alpha value is -0.640. The first kappa shape index (κ1) is 13.8. The lowest BCUT2D eigenvalue weighted by atomic mass is 9.87. The van der Waals surface area contributed by atoms with Crippen molar-refractivity contribution in [3.05, 3.63) is 0 Å². The minimum absolute atomic E-state index is 0.0535. The molecule has 2 rings (SSSR count). The fourth-order valence-electron chi connectivity index (χ4n) is 3.62. The minimum Gasteiger partial charge on any atom is -0.392 e. The molecule has 2 bridgehead atoms. The first-order valence-electron chi connectivity index (χ1n) is 6.88. The van der Waals surface area contributed by atoms with Crippen LogP contribution in [0.15, 0.2) is 0 Å². The highest BCUT2D eigenvalue weighted by Gasteiger charge is 2.41. The summed E-state index contributed by atoms with van der Waals surface area (Å²) in [5.74, 6) is 2.52. The van der Waals surface area contributed by atoms with Crippen LogP contribution in [0.1, 0.15) is 39.5 Å². The Labute approximate surface area is 115 Å². The monoisotopic (exact) mass is 268 g/mol. The van der Waals surface area contributed by atoms with Gasteiger partial charge in [0.2, 0.25) is 5.91 Å². The average Bonchev–Trinajstić information content (AvgIpc) is 2.89. The van der Waals surface area contributed by atoms with E-state index in [1.165, 1.54) is 25.7 Å². The fraction of sp³-hybridized carbons (Fsp3) is 0.857. The third-order valence-corrected chi connectivity index (χ3v) is 5.40. The molecule has 2 saturated carbocycles. The van der Waals surface area contributed by atoms with Gasteiger partial charge in [-0.25, -0.2) is 0 Å². The molecule has 4 heteroatoms. The Morgan fingerprint density at radius 1 is 1.39 bits per heavy atom. The second kappa shape index (κ2) is 4.80. The van der Waals surface area contributed by atoms with Crippen molar-refractivity contribution in [3.8, 4) is 0 Å². The Kier molecular flexibility index (Phi) is 3.67. The van der Waals surface area contributed by atoms with E-state index in [1.807, 2.05) is 25.8 Å². The number of rotatable bonds is 4. The first-order chi connectivity index (χ1) is 8.32. The number of thiocarbonyl (C=S) groups is 1. The Bertz CT molecular complexity index is 367. The summed E-state index contributed by atoms with van der Waals surface area (Å²) in [5.41, 5.74) is 4.94. The zero-order valence-corrected chi connectivity index (χ0v) is 12.4. The molecule has 0 aliphatic heterocycles. The average molecular weight is 268 g/mol. The summed E-state index contributed by atoms with van der Waals surface area (Å²) in [6.45, 7) is 4.50. The quantitative estimate of drug-likeness (QED) is 0.795. The topological polar surface area (TPSA) is 46.3 Å². The number of carbonyl (C=O) groups is 1. The molecular formula is C14H24N2OS. The summed E-state index contributed by atoms with van der Waals surface area (Å²) in [5, 5.41) is 0. The van der Waals surface area contributed by atoms with E-state index in [2.05, 4.69) is 0 Å². The summed E-state index contributed by atoms with van der Waals surface area (Å²) < 4.78 is 0. The lowest BCUT2D eigenvalue weighted by Gasteiger charge is -2.32. The van der Waals surface area contributed by atoms with Gasteiger partial charge in [0.1, 0.15) is 0 Å². The van der Waals surface area contributed by atoms with Crippen LogP contribution in [-0.4, -0.2) is 29.4 Å². The maximum absolute atomic E-state index is 12.4. The molecule has 102 valence electrons. The molecule has 2 N–H and O–H groups in total. The maximum atomic E-state index is 12.4. The first-order valence-corrected chi connectivity index (χ1v) is 7.28. The van der Waals surface area contributed by atoms with Crippen molar-refractivity contribution in [1.29, 1.82) is 0 Å². The van der Waals surface area contributed by atoms with Gasteiger partial charge in [0.25, 0.3) is 0 Å². The van der Waals surface area contributed by atoms with E-state index in [9.17, 15) is 4.79 Å². The van der Waals surface area contributed by atoms with Crippen molar-refractivity contribution < 1.29 is 4.79 Å². The van der Waals surface area contributed by atoms with Gasteiger partial charge in [-0.3, -0.25) is 4.79 Å². The molecule has 0 aromatic carbocycles. The van der Waals surface area contributed by atoms with Gasteiger partial charge in [-0.1, -0.05) is 18.6 Å². The van der Waals surface area contributed by atoms with Crippen LogP contribution in [0.3, 0.4) is 0 Å². The van der Waals surface area contributed by atoms with E-state index in [1.54, 1.807) is 0 Å². The summed E-state index contributed by atoms with van der Waals surface area (Å²) in [7, 11) is 1.88.